The van der Waals surface area contributed by atoms with E-state index in [0.717, 1.165) is 47.3 Å². The minimum atomic E-state index is 0.443. The molecule has 0 bridgehead atoms. The number of rotatable bonds is 5. The van der Waals surface area contributed by atoms with Crippen molar-refractivity contribution in [2.75, 3.05) is 37.0 Å². The number of nitrogens with zero attached hydrogens (tertiary/aromatic N) is 6. The van der Waals surface area contributed by atoms with E-state index in [-0.39, 0.29) is 0 Å². The molecule has 23 heavy (non-hydrogen) atoms. The molecule has 7 nitrogen and oxygen atoms in total. The van der Waals surface area contributed by atoms with Gasteiger partial charge in [-0.2, -0.15) is 4.37 Å². The number of piperidine rings is 1. The van der Waals surface area contributed by atoms with E-state index in [1.54, 1.807) is 19.5 Å². The standard InChI is InChI=1S/C14H19BrN6OS/c1-20(13-16-7-10(15)8-17-13)11-3-5-21(6-4-11)14-18-12(9-22-2)19-23-14/h7-8,11H,3-6,9H2,1-2H3. The molecule has 2 aromatic rings. The number of halogens is 1. The minimum absolute atomic E-state index is 0.443. The zero-order chi connectivity index (χ0) is 16.2. The average Bonchev–Trinajstić information content (AvgIpc) is 3.04. The number of ether oxygens (including phenoxy) is 1. The van der Waals surface area contributed by atoms with E-state index < -0.39 is 0 Å². The van der Waals surface area contributed by atoms with Gasteiger partial charge >= 0.3 is 0 Å². The van der Waals surface area contributed by atoms with Crippen LogP contribution in [0.4, 0.5) is 11.1 Å². The van der Waals surface area contributed by atoms with Gasteiger partial charge < -0.3 is 14.5 Å². The lowest BCUT2D eigenvalue weighted by Gasteiger charge is -2.36. The fourth-order valence-electron chi connectivity index (χ4n) is 2.66. The zero-order valence-corrected chi connectivity index (χ0v) is 15.5. The molecule has 1 fully saturated rings. The highest BCUT2D eigenvalue weighted by molar-refractivity contribution is 9.10. The van der Waals surface area contributed by atoms with Crippen molar-refractivity contribution in [3.05, 3.63) is 22.7 Å². The molecule has 0 saturated carbocycles. The summed E-state index contributed by atoms with van der Waals surface area (Å²) in [6.07, 6.45) is 5.67. The lowest BCUT2D eigenvalue weighted by molar-refractivity contribution is 0.179. The van der Waals surface area contributed by atoms with Crippen LogP contribution >= 0.6 is 27.5 Å². The lowest BCUT2D eigenvalue weighted by atomic mass is 10.0. The molecule has 0 radical (unpaired) electrons. The molecular weight excluding hydrogens is 380 g/mol. The molecule has 9 heteroatoms. The molecule has 0 spiro atoms. The van der Waals surface area contributed by atoms with Gasteiger partial charge in [-0.15, -0.1) is 0 Å². The Balaban J connectivity index is 1.58. The molecule has 0 aliphatic carbocycles. The van der Waals surface area contributed by atoms with Crippen LogP contribution in [0.15, 0.2) is 16.9 Å². The van der Waals surface area contributed by atoms with E-state index >= 15 is 0 Å². The van der Waals surface area contributed by atoms with Crippen molar-refractivity contribution in [1.29, 1.82) is 0 Å². The molecule has 0 unspecified atom stereocenters. The highest BCUT2D eigenvalue weighted by atomic mass is 79.9. The minimum Gasteiger partial charge on any atom is -0.377 e. The molecule has 124 valence electrons. The summed E-state index contributed by atoms with van der Waals surface area (Å²) in [4.78, 5) is 17.7. The summed E-state index contributed by atoms with van der Waals surface area (Å²) in [7, 11) is 3.72. The molecule has 0 N–H and O–H groups in total. The Bertz CT molecular complexity index is 628. The quantitative estimate of drug-likeness (QED) is 0.765. The second-order valence-electron chi connectivity index (χ2n) is 5.46. The summed E-state index contributed by atoms with van der Waals surface area (Å²) in [6.45, 7) is 2.40. The smallest absolute Gasteiger partial charge is 0.225 e. The second-order valence-corrected chi connectivity index (χ2v) is 7.10. The fourth-order valence-corrected chi connectivity index (χ4v) is 3.59. The van der Waals surface area contributed by atoms with Crippen molar-refractivity contribution in [1.82, 2.24) is 19.3 Å². The van der Waals surface area contributed by atoms with Gasteiger partial charge in [-0.1, -0.05) is 0 Å². The normalized spacial score (nSPS) is 15.9. The van der Waals surface area contributed by atoms with Crippen LogP contribution in [-0.4, -0.2) is 52.6 Å². The number of anilines is 2. The van der Waals surface area contributed by atoms with Crippen LogP contribution in [0.5, 0.6) is 0 Å². The molecule has 0 atom stereocenters. The molecular formula is C14H19BrN6OS. The molecule has 0 amide bonds. The molecule has 1 aliphatic rings. The Morgan fingerprint density at radius 1 is 1.35 bits per heavy atom. The third-order valence-electron chi connectivity index (χ3n) is 3.94. The highest BCUT2D eigenvalue weighted by Crippen LogP contribution is 2.25. The van der Waals surface area contributed by atoms with Gasteiger partial charge in [-0.25, -0.2) is 15.0 Å². The lowest BCUT2D eigenvalue weighted by Crippen LogP contribution is -2.44. The van der Waals surface area contributed by atoms with E-state index in [0.29, 0.717) is 12.6 Å². The first-order valence-electron chi connectivity index (χ1n) is 7.44. The summed E-state index contributed by atoms with van der Waals surface area (Å²) in [5.41, 5.74) is 0. The predicted molar refractivity (Wildman–Crippen MR) is 94.0 cm³/mol. The average molecular weight is 399 g/mol. The molecule has 3 heterocycles. The van der Waals surface area contributed by atoms with Crippen molar-refractivity contribution in [2.24, 2.45) is 0 Å². The maximum Gasteiger partial charge on any atom is 0.225 e. The van der Waals surface area contributed by atoms with Crippen molar-refractivity contribution in [3.63, 3.8) is 0 Å². The Morgan fingerprint density at radius 2 is 2.04 bits per heavy atom. The Hall–Kier alpha value is -1.32. The largest absolute Gasteiger partial charge is 0.377 e. The monoisotopic (exact) mass is 398 g/mol. The summed E-state index contributed by atoms with van der Waals surface area (Å²) in [5.74, 6) is 1.53. The summed E-state index contributed by atoms with van der Waals surface area (Å²) < 4.78 is 10.3. The van der Waals surface area contributed by atoms with E-state index in [1.165, 1.54) is 11.5 Å². The summed E-state index contributed by atoms with van der Waals surface area (Å²) >= 11 is 4.81. The number of aromatic nitrogens is 4. The molecule has 0 aromatic carbocycles. The van der Waals surface area contributed by atoms with Gasteiger partial charge in [-0.3, -0.25) is 0 Å². The van der Waals surface area contributed by atoms with Crippen molar-refractivity contribution in [3.8, 4) is 0 Å². The first kappa shape index (κ1) is 16.5. The van der Waals surface area contributed by atoms with Crippen LogP contribution < -0.4 is 9.80 Å². The van der Waals surface area contributed by atoms with Crippen LogP contribution in [0.2, 0.25) is 0 Å². The van der Waals surface area contributed by atoms with Crippen molar-refractivity contribution >= 4 is 38.5 Å². The fraction of sp³-hybridized carbons (Fsp3) is 0.571. The van der Waals surface area contributed by atoms with Gasteiger partial charge in [-0.05, 0) is 28.8 Å². The SMILES string of the molecule is COCc1nsc(N2CCC(N(C)c3ncc(Br)cn3)CC2)n1. The van der Waals surface area contributed by atoms with Gasteiger partial charge in [0.15, 0.2) is 5.82 Å². The van der Waals surface area contributed by atoms with E-state index in [9.17, 15) is 0 Å². The van der Waals surface area contributed by atoms with Crippen LogP contribution in [0, 0.1) is 0 Å². The molecule has 2 aromatic heterocycles. The topological polar surface area (TPSA) is 67.3 Å². The third-order valence-corrected chi connectivity index (χ3v) is 5.16. The molecule has 1 saturated heterocycles. The van der Waals surface area contributed by atoms with E-state index in [2.05, 4.69) is 52.1 Å². The Morgan fingerprint density at radius 3 is 2.70 bits per heavy atom. The van der Waals surface area contributed by atoms with Gasteiger partial charge in [0.05, 0.1) is 4.47 Å². The summed E-state index contributed by atoms with van der Waals surface area (Å²) in [6, 6.07) is 0.443. The second kappa shape index (κ2) is 7.50. The third kappa shape index (κ3) is 3.96. The maximum absolute atomic E-state index is 5.07. The van der Waals surface area contributed by atoms with E-state index in [1.807, 2.05) is 0 Å². The van der Waals surface area contributed by atoms with Gasteiger partial charge in [0.1, 0.15) is 6.61 Å². The zero-order valence-electron chi connectivity index (χ0n) is 13.1. The van der Waals surface area contributed by atoms with Crippen LogP contribution in [0.25, 0.3) is 0 Å². The van der Waals surface area contributed by atoms with Crippen LogP contribution in [0.1, 0.15) is 18.7 Å². The van der Waals surface area contributed by atoms with Crippen LogP contribution in [-0.2, 0) is 11.3 Å². The number of methoxy groups -OCH3 is 1. The van der Waals surface area contributed by atoms with Crippen molar-refractivity contribution in [2.45, 2.75) is 25.5 Å². The number of hydrogen-bond donors (Lipinski definition) is 0. The Labute approximate surface area is 148 Å². The summed E-state index contributed by atoms with van der Waals surface area (Å²) in [5, 5.41) is 0.984. The number of hydrogen-bond acceptors (Lipinski definition) is 8. The first-order valence-corrected chi connectivity index (χ1v) is 9.01. The highest BCUT2D eigenvalue weighted by Gasteiger charge is 2.25. The molecule has 3 rings (SSSR count). The maximum atomic E-state index is 5.07. The van der Waals surface area contributed by atoms with Gasteiger partial charge in [0.25, 0.3) is 0 Å². The van der Waals surface area contributed by atoms with Gasteiger partial charge in [0.2, 0.25) is 11.1 Å². The van der Waals surface area contributed by atoms with Crippen LogP contribution in [0.3, 0.4) is 0 Å². The molecule has 1 aliphatic heterocycles. The predicted octanol–water partition coefficient (Wildman–Crippen LogP) is 2.34. The van der Waals surface area contributed by atoms with Gasteiger partial charge in [0, 0.05) is 57.2 Å². The Kier molecular flexibility index (Phi) is 5.39. The van der Waals surface area contributed by atoms with E-state index in [4.69, 9.17) is 4.74 Å². The van der Waals surface area contributed by atoms with Crippen molar-refractivity contribution < 1.29 is 4.74 Å². The first-order chi connectivity index (χ1) is 11.2.